The average Bonchev–Trinajstić information content (AvgIpc) is 2.05. The quantitative estimate of drug-likeness (QED) is 0.446. The molecule has 0 unspecified atom stereocenters. The van der Waals surface area contributed by atoms with E-state index in [0.29, 0.717) is 0 Å². The van der Waals surface area contributed by atoms with Gasteiger partial charge in [0.25, 0.3) is 0 Å². The number of rotatable bonds is 2. The van der Waals surface area contributed by atoms with E-state index in [1.54, 1.807) is 18.5 Å². The molecule has 0 saturated carbocycles. The molecule has 7 heteroatoms. The van der Waals surface area contributed by atoms with Crippen molar-refractivity contribution < 1.29 is 0 Å². The maximum Gasteiger partial charge on any atom is 0.211 e. The molecule has 14 heavy (non-hydrogen) atoms. The molecule has 4 N–H and O–H groups in total. The van der Waals surface area contributed by atoms with E-state index >= 15 is 0 Å². The number of pyridine rings is 1. The van der Waals surface area contributed by atoms with E-state index in [-0.39, 0.29) is 30.8 Å². The van der Waals surface area contributed by atoms with Crippen molar-refractivity contribution >= 4 is 37.0 Å². The second-order valence-corrected chi connectivity index (χ2v) is 2.06. The van der Waals surface area contributed by atoms with Crippen molar-refractivity contribution in [2.75, 3.05) is 0 Å². The average molecular weight is 236 g/mol. The number of nitrogens with two attached hydrogens (primary N) is 2. The first-order chi connectivity index (χ1) is 5.79. The fourth-order valence-electron chi connectivity index (χ4n) is 0.615. The first kappa shape index (κ1) is 15.2. The number of aromatic nitrogens is 1. The largest absolute Gasteiger partial charge is 0.369 e. The molecule has 0 bridgehead atoms. The van der Waals surface area contributed by atoms with Gasteiger partial charge in [0.2, 0.25) is 5.96 Å². The summed E-state index contributed by atoms with van der Waals surface area (Å²) in [6.45, 7) is 0. The molecule has 78 valence electrons. The number of guanidine groups is 1. The van der Waals surface area contributed by atoms with Crippen LogP contribution >= 0.6 is 24.8 Å². The molecule has 0 saturated heterocycles. The number of hydrogen-bond donors (Lipinski definition) is 2. The van der Waals surface area contributed by atoms with Crippen molar-refractivity contribution in [2.45, 2.75) is 0 Å². The van der Waals surface area contributed by atoms with Crippen LogP contribution in [0.4, 0.5) is 0 Å². The lowest BCUT2D eigenvalue weighted by atomic mass is 10.3. The summed E-state index contributed by atoms with van der Waals surface area (Å²) in [5.74, 6) is -0.0601. The van der Waals surface area contributed by atoms with Gasteiger partial charge in [0.1, 0.15) is 0 Å². The Kier molecular flexibility index (Phi) is 8.96. The standard InChI is InChI=1S/C7H9N5.2ClH/c8-7(9)12-11-5-6-2-1-3-10-4-6;;/h1-5H,(H4,8,9,12);2*1H/b11-5+;;. The van der Waals surface area contributed by atoms with Gasteiger partial charge in [-0.05, 0) is 6.07 Å². The highest BCUT2D eigenvalue weighted by Gasteiger charge is 1.82. The zero-order valence-corrected chi connectivity index (χ0v) is 8.83. The van der Waals surface area contributed by atoms with Gasteiger partial charge in [0.05, 0.1) is 6.21 Å². The lowest BCUT2D eigenvalue weighted by Gasteiger charge is -1.87. The first-order valence-corrected chi connectivity index (χ1v) is 3.31. The molecule has 1 aromatic rings. The number of hydrogen-bond acceptors (Lipinski definition) is 3. The molecular weight excluding hydrogens is 225 g/mol. The van der Waals surface area contributed by atoms with Gasteiger partial charge in [-0.3, -0.25) is 4.98 Å². The van der Waals surface area contributed by atoms with Crippen molar-refractivity contribution in [3.63, 3.8) is 0 Å². The van der Waals surface area contributed by atoms with Crippen LogP contribution in [0.25, 0.3) is 0 Å². The van der Waals surface area contributed by atoms with Crippen LogP contribution in [0.2, 0.25) is 0 Å². The molecule has 0 aliphatic rings. The Morgan fingerprint density at radius 2 is 2.07 bits per heavy atom. The summed E-state index contributed by atoms with van der Waals surface area (Å²) in [6.07, 6.45) is 4.86. The minimum absolute atomic E-state index is 0. The number of nitrogens with zero attached hydrogens (tertiary/aromatic N) is 3. The summed E-state index contributed by atoms with van der Waals surface area (Å²) in [7, 11) is 0. The van der Waals surface area contributed by atoms with Crippen molar-refractivity contribution in [1.29, 1.82) is 0 Å². The molecule has 5 nitrogen and oxygen atoms in total. The predicted octanol–water partition coefficient (Wildman–Crippen LogP) is 0.533. The lowest BCUT2D eigenvalue weighted by molar-refractivity contribution is 1.21. The third kappa shape index (κ3) is 6.22. The normalized spacial score (nSPS) is 8.57. The van der Waals surface area contributed by atoms with Crippen molar-refractivity contribution in [1.82, 2.24) is 4.98 Å². The molecule has 1 aromatic heterocycles. The molecular formula is C7H11Cl2N5. The molecule has 0 spiro atoms. The maximum absolute atomic E-state index is 5.05. The van der Waals surface area contributed by atoms with Gasteiger partial charge in [-0.2, -0.15) is 5.10 Å². The highest BCUT2D eigenvalue weighted by atomic mass is 35.5. The monoisotopic (exact) mass is 235 g/mol. The second-order valence-electron chi connectivity index (χ2n) is 2.06. The fourth-order valence-corrected chi connectivity index (χ4v) is 0.615. The van der Waals surface area contributed by atoms with Crippen molar-refractivity contribution in [3.05, 3.63) is 30.1 Å². The Bertz CT molecular complexity index is 294. The second kappa shape index (κ2) is 8.28. The molecule has 0 aliphatic carbocycles. The van der Waals surface area contributed by atoms with E-state index in [1.165, 1.54) is 6.21 Å². The van der Waals surface area contributed by atoms with Crippen molar-refractivity contribution in [3.8, 4) is 0 Å². The summed E-state index contributed by atoms with van der Waals surface area (Å²) in [6, 6.07) is 3.65. The predicted molar refractivity (Wildman–Crippen MR) is 62.1 cm³/mol. The Morgan fingerprint density at radius 1 is 1.36 bits per heavy atom. The summed E-state index contributed by atoms with van der Waals surface area (Å²) in [4.78, 5) is 3.88. The zero-order chi connectivity index (χ0) is 8.81. The van der Waals surface area contributed by atoms with E-state index in [9.17, 15) is 0 Å². The topological polar surface area (TPSA) is 89.7 Å². The minimum Gasteiger partial charge on any atom is -0.369 e. The first-order valence-electron chi connectivity index (χ1n) is 3.31. The Morgan fingerprint density at radius 3 is 2.57 bits per heavy atom. The van der Waals surface area contributed by atoms with Crippen molar-refractivity contribution in [2.24, 2.45) is 21.7 Å². The summed E-state index contributed by atoms with van der Waals surface area (Å²) in [5.41, 5.74) is 11.0. The molecule has 0 aliphatic heterocycles. The van der Waals surface area contributed by atoms with Gasteiger partial charge in [-0.25, -0.2) is 0 Å². The van der Waals surface area contributed by atoms with Gasteiger partial charge in [-0.15, -0.1) is 29.9 Å². The summed E-state index contributed by atoms with van der Waals surface area (Å²) < 4.78 is 0. The molecule has 0 radical (unpaired) electrons. The number of halogens is 2. The minimum atomic E-state index is -0.0601. The van der Waals surface area contributed by atoms with Gasteiger partial charge in [-0.1, -0.05) is 6.07 Å². The maximum atomic E-state index is 5.05. The Balaban J connectivity index is 0. The van der Waals surface area contributed by atoms with E-state index in [2.05, 4.69) is 15.2 Å². The Hall–Kier alpha value is -1.33. The van der Waals surface area contributed by atoms with Crippen LogP contribution in [0, 0.1) is 0 Å². The zero-order valence-electron chi connectivity index (χ0n) is 7.20. The fraction of sp³-hybridized carbons (Fsp3) is 0. The van der Waals surface area contributed by atoms with Crippen LogP contribution in [0.3, 0.4) is 0 Å². The van der Waals surface area contributed by atoms with Crippen LogP contribution in [0.5, 0.6) is 0 Å². The SMILES string of the molecule is Cl.Cl.NC(N)=N/N=C/c1cccnc1. The van der Waals surface area contributed by atoms with Gasteiger partial charge >= 0.3 is 0 Å². The van der Waals surface area contributed by atoms with Crippen LogP contribution in [0.15, 0.2) is 34.7 Å². The highest BCUT2D eigenvalue weighted by molar-refractivity contribution is 5.85. The van der Waals surface area contributed by atoms with Crippen LogP contribution in [-0.2, 0) is 0 Å². The molecule has 0 amide bonds. The Labute approximate surface area is 94.1 Å². The molecule has 1 rings (SSSR count). The van der Waals surface area contributed by atoms with Gasteiger partial charge < -0.3 is 11.5 Å². The molecule has 1 heterocycles. The molecule has 0 aromatic carbocycles. The van der Waals surface area contributed by atoms with Crippen LogP contribution in [-0.4, -0.2) is 17.2 Å². The third-order valence-corrected chi connectivity index (χ3v) is 1.06. The van der Waals surface area contributed by atoms with Crippen LogP contribution in [0.1, 0.15) is 5.56 Å². The van der Waals surface area contributed by atoms with Gasteiger partial charge in [0.15, 0.2) is 0 Å². The molecule has 0 fully saturated rings. The van der Waals surface area contributed by atoms with E-state index in [0.717, 1.165) is 5.56 Å². The summed E-state index contributed by atoms with van der Waals surface area (Å²) >= 11 is 0. The summed E-state index contributed by atoms with van der Waals surface area (Å²) in [5, 5.41) is 7.05. The van der Waals surface area contributed by atoms with Crippen LogP contribution < -0.4 is 11.5 Å². The van der Waals surface area contributed by atoms with Gasteiger partial charge in [0, 0.05) is 18.0 Å². The van der Waals surface area contributed by atoms with E-state index in [4.69, 9.17) is 11.5 Å². The third-order valence-electron chi connectivity index (χ3n) is 1.06. The molecule has 0 atom stereocenters. The smallest absolute Gasteiger partial charge is 0.211 e. The van der Waals surface area contributed by atoms with E-state index in [1.807, 2.05) is 6.07 Å². The lowest BCUT2D eigenvalue weighted by Crippen LogP contribution is -2.21. The van der Waals surface area contributed by atoms with E-state index < -0.39 is 0 Å². The highest BCUT2D eigenvalue weighted by Crippen LogP contribution is 1.90.